The van der Waals surface area contributed by atoms with Gasteiger partial charge in [-0.05, 0) is 30.7 Å². The van der Waals surface area contributed by atoms with Crippen molar-refractivity contribution in [3.05, 3.63) is 35.9 Å². The fraction of sp³-hybridized carbons (Fsp3) is 0.727. The summed E-state index contributed by atoms with van der Waals surface area (Å²) >= 11 is 0. The van der Waals surface area contributed by atoms with Crippen LogP contribution in [0, 0.1) is 5.92 Å². The summed E-state index contributed by atoms with van der Waals surface area (Å²) in [5.41, 5.74) is 1.40. The molecule has 144 valence electrons. The molecule has 0 amide bonds. The number of rotatable bonds is 7. The third-order valence-electron chi connectivity index (χ3n) is 6.37. The summed E-state index contributed by atoms with van der Waals surface area (Å²) in [6, 6.07) is 11.4. The van der Waals surface area contributed by atoms with Crippen molar-refractivity contribution in [2.75, 3.05) is 32.8 Å². The van der Waals surface area contributed by atoms with E-state index < -0.39 is 0 Å². The molecule has 3 atom stereocenters. The maximum Gasteiger partial charge on any atom is 0.0900 e. The first-order chi connectivity index (χ1) is 12.8. The van der Waals surface area contributed by atoms with Crippen molar-refractivity contribution in [1.29, 1.82) is 0 Å². The predicted octanol–water partition coefficient (Wildman–Crippen LogP) is 2.90. The van der Waals surface area contributed by atoms with Crippen LogP contribution in [0.4, 0.5) is 0 Å². The SMILES string of the molecule is OC(COC1CCCCC1)CN1CC2CC1CN(Cc1ccccc1)C2. The topological polar surface area (TPSA) is 35.9 Å². The molecule has 3 unspecified atom stereocenters. The van der Waals surface area contributed by atoms with E-state index in [0.717, 1.165) is 32.1 Å². The van der Waals surface area contributed by atoms with E-state index in [4.69, 9.17) is 4.74 Å². The van der Waals surface area contributed by atoms with Gasteiger partial charge >= 0.3 is 0 Å². The van der Waals surface area contributed by atoms with Gasteiger partial charge in [0.15, 0.2) is 0 Å². The van der Waals surface area contributed by atoms with Crippen molar-refractivity contribution >= 4 is 0 Å². The molecule has 26 heavy (non-hydrogen) atoms. The molecule has 1 saturated carbocycles. The van der Waals surface area contributed by atoms with E-state index in [2.05, 4.69) is 40.1 Å². The van der Waals surface area contributed by atoms with E-state index >= 15 is 0 Å². The Balaban J connectivity index is 1.23. The van der Waals surface area contributed by atoms with Crippen LogP contribution in [0.3, 0.4) is 0 Å². The van der Waals surface area contributed by atoms with Crippen LogP contribution in [0.5, 0.6) is 0 Å². The molecule has 2 saturated heterocycles. The summed E-state index contributed by atoms with van der Waals surface area (Å²) in [6.07, 6.45) is 7.60. The van der Waals surface area contributed by atoms with E-state index in [1.165, 1.54) is 50.6 Å². The van der Waals surface area contributed by atoms with Crippen LogP contribution in [-0.2, 0) is 11.3 Å². The summed E-state index contributed by atoms with van der Waals surface area (Å²) < 4.78 is 5.98. The zero-order chi connectivity index (χ0) is 17.8. The van der Waals surface area contributed by atoms with Crippen molar-refractivity contribution in [3.8, 4) is 0 Å². The first kappa shape index (κ1) is 18.4. The first-order valence-electron chi connectivity index (χ1n) is 10.6. The molecule has 3 aliphatic rings. The summed E-state index contributed by atoms with van der Waals surface area (Å²) in [5, 5.41) is 10.5. The largest absolute Gasteiger partial charge is 0.389 e. The van der Waals surface area contributed by atoms with Gasteiger partial charge in [-0.25, -0.2) is 0 Å². The van der Waals surface area contributed by atoms with Crippen LogP contribution in [-0.4, -0.2) is 65.9 Å². The van der Waals surface area contributed by atoms with E-state index in [-0.39, 0.29) is 6.10 Å². The minimum Gasteiger partial charge on any atom is -0.389 e. The van der Waals surface area contributed by atoms with Crippen molar-refractivity contribution in [1.82, 2.24) is 9.80 Å². The van der Waals surface area contributed by atoms with Gasteiger partial charge in [0, 0.05) is 38.8 Å². The number of β-amino-alcohol motifs (C(OH)–C–C–N with tert-alkyl or cyclic N) is 1. The van der Waals surface area contributed by atoms with Crippen molar-refractivity contribution in [2.24, 2.45) is 5.92 Å². The van der Waals surface area contributed by atoms with Gasteiger partial charge in [0.25, 0.3) is 0 Å². The number of likely N-dealkylation sites (tertiary alicyclic amines) is 2. The average molecular weight is 359 g/mol. The van der Waals surface area contributed by atoms with Crippen LogP contribution in [0.1, 0.15) is 44.1 Å². The predicted molar refractivity (Wildman–Crippen MR) is 104 cm³/mol. The number of nitrogens with zero attached hydrogens (tertiary/aromatic N) is 2. The molecule has 4 nitrogen and oxygen atoms in total. The highest BCUT2D eigenvalue weighted by Gasteiger charge is 2.38. The van der Waals surface area contributed by atoms with Crippen LogP contribution < -0.4 is 0 Å². The molecule has 1 N–H and O–H groups in total. The van der Waals surface area contributed by atoms with Gasteiger partial charge < -0.3 is 9.84 Å². The maximum atomic E-state index is 10.5. The summed E-state index contributed by atoms with van der Waals surface area (Å²) in [5.74, 6) is 0.754. The zero-order valence-electron chi connectivity index (χ0n) is 15.9. The minimum atomic E-state index is -0.348. The molecule has 4 heteroatoms. The van der Waals surface area contributed by atoms with Gasteiger partial charge in [0.05, 0.1) is 18.8 Å². The Bertz CT molecular complexity index is 546. The lowest BCUT2D eigenvalue weighted by molar-refractivity contribution is -0.0347. The number of aliphatic hydroxyl groups excluding tert-OH is 1. The molecular weight excluding hydrogens is 324 g/mol. The summed E-state index contributed by atoms with van der Waals surface area (Å²) in [7, 11) is 0. The van der Waals surface area contributed by atoms with Gasteiger partial charge in [-0.15, -0.1) is 0 Å². The highest BCUT2D eigenvalue weighted by Crippen LogP contribution is 2.30. The van der Waals surface area contributed by atoms with E-state index in [0.29, 0.717) is 18.8 Å². The van der Waals surface area contributed by atoms with E-state index in [1.807, 2.05) is 0 Å². The lowest BCUT2D eigenvalue weighted by atomic mass is 9.98. The Hall–Kier alpha value is -0.940. The minimum absolute atomic E-state index is 0.348. The standard InChI is InChI=1S/C22H34N2O2/c25-21(17-26-22-9-5-2-6-10-22)16-24-14-19-11-20(24)15-23(13-19)12-18-7-3-1-4-8-18/h1,3-4,7-8,19-22,25H,2,5-6,9-17H2. The number of benzene rings is 1. The number of aliphatic hydroxyl groups is 1. The normalized spacial score (nSPS) is 29.1. The lowest BCUT2D eigenvalue weighted by Crippen LogP contribution is -2.44. The molecular formula is C22H34N2O2. The molecule has 2 bridgehead atoms. The van der Waals surface area contributed by atoms with Crippen LogP contribution in [0.15, 0.2) is 30.3 Å². The third-order valence-corrected chi connectivity index (χ3v) is 6.37. The van der Waals surface area contributed by atoms with Crippen LogP contribution >= 0.6 is 0 Å². The Morgan fingerprint density at radius 2 is 1.85 bits per heavy atom. The highest BCUT2D eigenvalue weighted by molar-refractivity contribution is 5.14. The molecule has 2 aliphatic heterocycles. The average Bonchev–Trinajstić information content (AvgIpc) is 2.95. The van der Waals surface area contributed by atoms with Crippen molar-refractivity contribution < 1.29 is 9.84 Å². The second kappa shape index (κ2) is 8.83. The fourth-order valence-electron chi connectivity index (χ4n) is 5.15. The van der Waals surface area contributed by atoms with Gasteiger partial charge in [0.2, 0.25) is 0 Å². The maximum absolute atomic E-state index is 10.5. The number of piperidine rings is 1. The van der Waals surface area contributed by atoms with Gasteiger partial charge in [-0.2, -0.15) is 0 Å². The lowest BCUT2D eigenvalue weighted by Gasteiger charge is -2.33. The van der Waals surface area contributed by atoms with Crippen LogP contribution in [0.2, 0.25) is 0 Å². The Labute approximate surface area is 158 Å². The molecule has 3 fully saturated rings. The van der Waals surface area contributed by atoms with Gasteiger partial charge in [-0.3, -0.25) is 9.80 Å². The van der Waals surface area contributed by atoms with Gasteiger partial charge in [-0.1, -0.05) is 49.6 Å². The molecule has 1 aliphatic carbocycles. The second-order valence-corrected chi connectivity index (χ2v) is 8.64. The number of hydrogen-bond donors (Lipinski definition) is 1. The van der Waals surface area contributed by atoms with E-state index in [1.54, 1.807) is 0 Å². The quantitative estimate of drug-likeness (QED) is 0.813. The summed E-state index contributed by atoms with van der Waals surface area (Å²) in [4.78, 5) is 5.11. The molecule has 1 aromatic rings. The van der Waals surface area contributed by atoms with Gasteiger partial charge in [0.1, 0.15) is 0 Å². The van der Waals surface area contributed by atoms with Crippen LogP contribution in [0.25, 0.3) is 0 Å². The monoisotopic (exact) mass is 358 g/mol. The Kier molecular flexibility index (Phi) is 6.26. The Morgan fingerprint density at radius 1 is 1.04 bits per heavy atom. The summed E-state index contributed by atoms with van der Waals surface area (Å²) in [6.45, 7) is 5.78. The molecule has 0 radical (unpaired) electrons. The highest BCUT2D eigenvalue weighted by atomic mass is 16.5. The first-order valence-corrected chi connectivity index (χ1v) is 10.6. The van der Waals surface area contributed by atoms with Crippen molar-refractivity contribution in [3.63, 3.8) is 0 Å². The molecule has 4 rings (SSSR count). The number of hydrogen-bond acceptors (Lipinski definition) is 4. The van der Waals surface area contributed by atoms with E-state index in [9.17, 15) is 5.11 Å². The molecule has 2 heterocycles. The molecule has 0 aromatic heterocycles. The number of fused-ring (bicyclic) bond motifs is 2. The van der Waals surface area contributed by atoms with Crippen molar-refractivity contribution in [2.45, 2.75) is 63.3 Å². The third kappa shape index (κ3) is 4.86. The molecule has 1 aromatic carbocycles. The second-order valence-electron chi connectivity index (χ2n) is 8.64. The smallest absolute Gasteiger partial charge is 0.0900 e. The molecule has 0 spiro atoms. The zero-order valence-corrected chi connectivity index (χ0v) is 15.9. The number of ether oxygens (including phenoxy) is 1. The fourth-order valence-corrected chi connectivity index (χ4v) is 5.15. The Morgan fingerprint density at radius 3 is 2.65 bits per heavy atom.